The van der Waals surface area contributed by atoms with Gasteiger partial charge in [-0.25, -0.2) is 0 Å². The molecule has 4 heteroatoms. The Labute approximate surface area is 121 Å². The molecule has 1 atom stereocenters. The second kappa shape index (κ2) is 9.37. The van der Waals surface area contributed by atoms with Crippen LogP contribution in [-0.4, -0.2) is 19.2 Å². The van der Waals surface area contributed by atoms with E-state index in [0.717, 1.165) is 24.3 Å². The van der Waals surface area contributed by atoms with Crippen molar-refractivity contribution in [2.45, 2.75) is 45.6 Å². The van der Waals surface area contributed by atoms with Gasteiger partial charge in [-0.3, -0.25) is 4.79 Å². The molecule has 4 nitrogen and oxygen atoms in total. The molecule has 0 aliphatic rings. The van der Waals surface area contributed by atoms with Crippen LogP contribution in [0.2, 0.25) is 0 Å². The highest BCUT2D eigenvalue weighted by atomic mass is 16.5. The van der Waals surface area contributed by atoms with Gasteiger partial charge in [-0.2, -0.15) is 0 Å². The van der Waals surface area contributed by atoms with Crippen LogP contribution in [-0.2, 0) is 9.53 Å². The first-order valence-electron chi connectivity index (χ1n) is 7.31. The van der Waals surface area contributed by atoms with Crippen molar-refractivity contribution in [3.63, 3.8) is 0 Å². The topological polar surface area (TPSA) is 61.5 Å². The van der Waals surface area contributed by atoms with E-state index >= 15 is 0 Å². The standard InChI is InChI=1S/C16H25NO3/c1-3-5-6-11-20-14-9-7-13(8-10-14)15(17)12-16(18)19-4-2/h7-10,15H,3-6,11-12,17H2,1-2H3/t15-/m0/s1. The van der Waals surface area contributed by atoms with Crippen molar-refractivity contribution in [3.05, 3.63) is 29.8 Å². The van der Waals surface area contributed by atoms with Gasteiger partial charge in [-0.05, 0) is 31.0 Å². The van der Waals surface area contributed by atoms with E-state index in [1.54, 1.807) is 6.92 Å². The molecule has 0 aliphatic carbocycles. The maximum absolute atomic E-state index is 11.4. The molecular weight excluding hydrogens is 254 g/mol. The lowest BCUT2D eigenvalue weighted by Gasteiger charge is -2.12. The number of benzene rings is 1. The van der Waals surface area contributed by atoms with E-state index in [2.05, 4.69) is 6.92 Å². The first-order chi connectivity index (χ1) is 9.67. The summed E-state index contributed by atoms with van der Waals surface area (Å²) in [6.45, 7) is 5.08. The van der Waals surface area contributed by atoms with Crippen molar-refractivity contribution in [2.24, 2.45) is 5.73 Å². The monoisotopic (exact) mass is 279 g/mol. The van der Waals surface area contributed by atoms with Crippen LogP contribution in [0.4, 0.5) is 0 Å². The van der Waals surface area contributed by atoms with Gasteiger partial charge in [0.25, 0.3) is 0 Å². The smallest absolute Gasteiger partial charge is 0.307 e. The average molecular weight is 279 g/mol. The minimum Gasteiger partial charge on any atom is -0.494 e. The number of carbonyl (C=O) groups is 1. The Bertz CT molecular complexity index is 389. The van der Waals surface area contributed by atoms with Crippen LogP contribution in [0.3, 0.4) is 0 Å². The lowest BCUT2D eigenvalue weighted by molar-refractivity contribution is -0.143. The van der Waals surface area contributed by atoms with Crippen LogP contribution in [0.5, 0.6) is 5.75 Å². The first kappa shape index (κ1) is 16.5. The minimum absolute atomic E-state index is 0.199. The van der Waals surface area contributed by atoms with Crippen LogP contribution in [0.1, 0.15) is 51.1 Å². The molecule has 1 rings (SSSR count). The Morgan fingerprint density at radius 1 is 1.20 bits per heavy atom. The van der Waals surface area contributed by atoms with Crippen LogP contribution in [0.15, 0.2) is 24.3 Å². The van der Waals surface area contributed by atoms with Gasteiger partial charge in [-0.1, -0.05) is 31.9 Å². The number of hydrogen-bond donors (Lipinski definition) is 1. The molecule has 1 aromatic rings. The third kappa shape index (κ3) is 6.06. The van der Waals surface area contributed by atoms with Crippen molar-refractivity contribution in [2.75, 3.05) is 13.2 Å². The SMILES string of the molecule is CCCCCOc1ccc([C@@H](N)CC(=O)OCC)cc1. The summed E-state index contributed by atoms with van der Waals surface area (Å²) in [6, 6.07) is 7.26. The second-order valence-electron chi connectivity index (χ2n) is 4.74. The zero-order chi connectivity index (χ0) is 14.8. The molecule has 0 unspecified atom stereocenters. The molecule has 0 fully saturated rings. The number of ether oxygens (including phenoxy) is 2. The van der Waals surface area contributed by atoms with Gasteiger partial charge < -0.3 is 15.2 Å². The van der Waals surface area contributed by atoms with E-state index < -0.39 is 0 Å². The van der Waals surface area contributed by atoms with Crippen molar-refractivity contribution in [1.82, 2.24) is 0 Å². The predicted octanol–water partition coefficient (Wildman–Crippen LogP) is 3.21. The van der Waals surface area contributed by atoms with Crippen LogP contribution in [0.25, 0.3) is 0 Å². The zero-order valence-corrected chi connectivity index (χ0v) is 12.4. The number of rotatable bonds is 9. The molecule has 0 saturated heterocycles. The number of esters is 1. The van der Waals surface area contributed by atoms with Crippen molar-refractivity contribution < 1.29 is 14.3 Å². The number of nitrogens with two attached hydrogens (primary N) is 1. The molecule has 112 valence electrons. The Kier molecular flexibility index (Phi) is 7.73. The van der Waals surface area contributed by atoms with Gasteiger partial charge in [0.1, 0.15) is 5.75 Å². The molecule has 2 N–H and O–H groups in total. The van der Waals surface area contributed by atoms with Gasteiger partial charge in [-0.15, -0.1) is 0 Å². The lowest BCUT2D eigenvalue weighted by atomic mass is 10.0. The Morgan fingerprint density at radius 3 is 2.50 bits per heavy atom. The van der Waals surface area contributed by atoms with Gasteiger partial charge >= 0.3 is 5.97 Å². The van der Waals surface area contributed by atoms with Gasteiger partial charge in [0, 0.05) is 6.04 Å². The van der Waals surface area contributed by atoms with Gasteiger partial charge in [0.15, 0.2) is 0 Å². The normalized spacial score (nSPS) is 11.9. The maximum Gasteiger partial charge on any atom is 0.307 e. The summed E-state index contributed by atoms with van der Waals surface area (Å²) in [6.07, 6.45) is 3.64. The van der Waals surface area contributed by atoms with E-state index in [4.69, 9.17) is 15.2 Å². The number of carbonyl (C=O) groups excluding carboxylic acids is 1. The quantitative estimate of drug-likeness (QED) is 0.557. The fourth-order valence-electron chi connectivity index (χ4n) is 1.87. The van der Waals surface area contributed by atoms with E-state index in [9.17, 15) is 4.79 Å². The third-order valence-electron chi connectivity index (χ3n) is 3.02. The highest BCUT2D eigenvalue weighted by molar-refractivity contribution is 5.70. The van der Waals surface area contributed by atoms with E-state index in [0.29, 0.717) is 6.61 Å². The Hall–Kier alpha value is -1.55. The highest BCUT2D eigenvalue weighted by Crippen LogP contribution is 2.19. The van der Waals surface area contributed by atoms with Crippen molar-refractivity contribution in [1.29, 1.82) is 0 Å². The highest BCUT2D eigenvalue weighted by Gasteiger charge is 2.12. The molecule has 0 heterocycles. The van der Waals surface area contributed by atoms with Crippen LogP contribution < -0.4 is 10.5 Å². The van der Waals surface area contributed by atoms with E-state index in [1.807, 2.05) is 24.3 Å². The number of unbranched alkanes of at least 4 members (excludes halogenated alkanes) is 2. The Balaban J connectivity index is 2.42. The summed E-state index contributed by atoms with van der Waals surface area (Å²) >= 11 is 0. The molecule has 0 amide bonds. The van der Waals surface area contributed by atoms with Crippen molar-refractivity contribution in [3.8, 4) is 5.75 Å². The van der Waals surface area contributed by atoms with Crippen LogP contribution >= 0.6 is 0 Å². The number of hydrogen-bond acceptors (Lipinski definition) is 4. The molecule has 0 spiro atoms. The molecular formula is C16H25NO3. The Morgan fingerprint density at radius 2 is 1.90 bits per heavy atom. The van der Waals surface area contributed by atoms with E-state index in [-0.39, 0.29) is 18.4 Å². The van der Waals surface area contributed by atoms with Crippen LogP contribution in [0, 0.1) is 0 Å². The first-order valence-corrected chi connectivity index (χ1v) is 7.31. The molecule has 0 radical (unpaired) electrons. The lowest BCUT2D eigenvalue weighted by Crippen LogP contribution is -2.17. The van der Waals surface area contributed by atoms with Crippen molar-refractivity contribution >= 4 is 5.97 Å². The summed E-state index contributed by atoms with van der Waals surface area (Å²) in [5.74, 6) is 0.577. The predicted molar refractivity (Wildman–Crippen MR) is 79.6 cm³/mol. The fraction of sp³-hybridized carbons (Fsp3) is 0.562. The molecule has 20 heavy (non-hydrogen) atoms. The minimum atomic E-state index is -0.330. The average Bonchev–Trinajstić information content (AvgIpc) is 2.44. The van der Waals surface area contributed by atoms with E-state index in [1.165, 1.54) is 12.8 Å². The zero-order valence-electron chi connectivity index (χ0n) is 12.4. The summed E-state index contributed by atoms with van der Waals surface area (Å²) in [5, 5.41) is 0. The summed E-state index contributed by atoms with van der Waals surface area (Å²) in [4.78, 5) is 11.4. The second-order valence-corrected chi connectivity index (χ2v) is 4.74. The molecule has 0 aliphatic heterocycles. The summed E-state index contributed by atoms with van der Waals surface area (Å²) < 4.78 is 10.5. The largest absolute Gasteiger partial charge is 0.494 e. The molecule has 1 aromatic carbocycles. The molecule has 0 bridgehead atoms. The third-order valence-corrected chi connectivity index (χ3v) is 3.02. The van der Waals surface area contributed by atoms with Gasteiger partial charge in [0.05, 0.1) is 19.6 Å². The fourth-order valence-corrected chi connectivity index (χ4v) is 1.87. The maximum atomic E-state index is 11.4. The molecule has 0 aromatic heterocycles. The summed E-state index contributed by atoms with van der Waals surface area (Å²) in [5.41, 5.74) is 6.89. The van der Waals surface area contributed by atoms with Gasteiger partial charge in [0.2, 0.25) is 0 Å². The molecule has 0 saturated carbocycles. The summed E-state index contributed by atoms with van der Waals surface area (Å²) in [7, 11) is 0.